The molecule has 0 aliphatic rings. The Bertz CT molecular complexity index is 1840. The van der Waals surface area contributed by atoms with Gasteiger partial charge in [0.25, 0.3) is 0 Å². The van der Waals surface area contributed by atoms with E-state index in [1.165, 1.54) is 21.8 Å². The van der Waals surface area contributed by atoms with Crippen LogP contribution < -0.4 is 0 Å². The Morgan fingerprint density at radius 3 is 2.00 bits per heavy atom. The Labute approximate surface area is 248 Å². The van der Waals surface area contributed by atoms with Crippen molar-refractivity contribution in [3.8, 4) is 28.2 Å². The first kappa shape index (κ1) is 27.2. The second-order valence-electron chi connectivity index (χ2n) is 9.44. The van der Waals surface area contributed by atoms with E-state index >= 15 is 0 Å². The molecule has 4 heteroatoms. The van der Waals surface area contributed by atoms with Crippen molar-refractivity contribution in [3.05, 3.63) is 151 Å². The average molecular weight is 694 g/mol. The molecular formula is C36H27IrN3-2. The van der Waals surface area contributed by atoms with E-state index in [2.05, 4.69) is 100 Å². The summed E-state index contributed by atoms with van der Waals surface area (Å²) in [7, 11) is 0. The number of para-hydroxylation sites is 2. The molecule has 0 amide bonds. The van der Waals surface area contributed by atoms with Crippen LogP contribution in [0, 0.1) is 26.0 Å². The topological polar surface area (TPSA) is 30.7 Å². The van der Waals surface area contributed by atoms with Gasteiger partial charge in [0, 0.05) is 42.8 Å². The first-order chi connectivity index (χ1) is 19.2. The molecule has 3 heterocycles. The Morgan fingerprint density at radius 2 is 1.32 bits per heavy atom. The number of nitrogens with zero attached hydrogens (tertiary/aromatic N) is 3. The summed E-state index contributed by atoms with van der Waals surface area (Å²) in [6, 6.07) is 47.8. The molecule has 0 bridgehead atoms. The second-order valence-corrected chi connectivity index (χ2v) is 9.44. The van der Waals surface area contributed by atoms with Gasteiger partial charge in [-0.2, -0.15) is 0 Å². The number of pyridine rings is 2. The molecule has 0 unspecified atom stereocenters. The summed E-state index contributed by atoms with van der Waals surface area (Å²) in [5, 5.41) is 2.54. The summed E-state index contributed by atoms with van der Waals surface area (Å²) in [4.78, 5) is 8.97. The van der Waals surface area contributed by atoms with E-state index in [1.54, 1.807) is 0 Å². The van der Waals surface area contributed by atoms with E-state index in [-0.39, 0.29) is 20.1 Å². The molecule has 1 radical (unpaired) electrons. The van der Waals surface area contributed by atoms with Crippen molar-refractivity contribution >= 4 is 21.8 Å². The number of aryl methyl sites for hydroxylation is 2. The number of aromatic nitrogens is 3. The fraction of sp³-hybridized carbons (Fsp3) is 0.0556. The maximum atomic E-state index is 4.56. The third-order valence-electron chi connectivity index (χ3n) is 6.76. The average Bonchev–Trinajstić information content (AvgIpc) is 3.33. The molecule has 0 aliphatic carbocycles. The molecule has 3 aromatic heterocycles. The van der Waals surface area contributed by atoms with Crippen LogP contribution in [0.3, 0.4) is 0 Å². The van der Waals surface area contributed by atoms with E-state index in [4.69, 9.17) is 0 Å². The minimum Gasteiger partial charge on any atom is -0.327 e. The zero-order chi connectivity index (χ0) is 26.6. The van der Waals surface area contributed by atoms with Gasteiger partial charge in [-0.25, -0.2) is 0 Å². The Morgan fingerprint density at radius 1 is 0.625 bits per heavy atom. The van der Waals surface area contributed by atoms with E-state index in [1.807, 2.05) is 67.7 Å². The minimum absolute atomic E-state index is 0. The number of benzene rings is 4. The molecule has 0 saturated heterocycles. The number of fused-ring (bicyclic) bond motifs is 3. The second kappa shape index (κ2) is 12.2. The third kappa shape index (κ3) is 5.51. The molecule has 4 aromatic carbocycles. The van der Waals surface area contributed by atoms with Gasteiger partial charge in [0.15, 0.2) is 0 Å². The first-order valence-corrected chi connectivity index (χ1v) is 13.0. The summed E-state index contributed by atoms with van der Waals surface area (Å²) in [6.45, 7) is 4.08. The molecular weight excluding hydrogens is 667 g/mol. The van der Waals surface area contributed by atoms with Crippen molar-refractivity contribution in [3.63, 3.8) is 0 Å². The Kier molecular flexibility index (Phi) is 8.31. The minimum atomic E-state index is 0. The van der Waals surface area contributed by atoms with Gasteiger partial charge < -0.3 is 14.5 Å². The van der Waals surface area contributed by atoms with Crippen molar-refractivity contribution in [2.75, 3.05) is 0 Å². The first-order valence-electron chi connectivity index (χ1n) is 13.0. The fourth-order valence-corrected chi connectivity index (χ4v) is 4.94. The molecule has 3 nitrogen and oxygen atoms in total. The Hall–Kier alpha value is -4.37. The maximum absolute atomic E-state index is 4.56. The van der Waals surface area contributed by atoms with Crippen LogP contribution >= 0.6 is 0 Å². The summed E-state index contributed by atoms with van der Waals surface area (Å²) in [6.07, 6.45) is 1.84. The van der Waals surface area contributed by atoms with Crippen LogP contribution in [0.2, 0.25) is 0 Å². The van der Waals surface area contributed by atoms with E-state index < -0.39 is 0 Å². The smallest absolute Gasteiger partial charge is 0.0523 e. The van der Waals surface area contributed by atoms with Crippen LogP contribution in [0.25, 0.3) is 50.0 Å². The van der Waals surface area contributed by atoms with Crippen LogP contribution in [0.1, 0.15) is 11.3 Å². The van der Waals surface area contributed by atoms with Gasteiger partial charge in [0.05, 0.1) is 11.0 Å². The fourth-order valence-electron chi connectivity index (χ4n) is 4.94. The Balaban J connectivity index is 0.000000195. The molecule has 0 saturated carbocycles. The summed E-state index contributed by atoms with van der Waals surface area (Å²) in [5.74, 6) is 0. The summed E-state index contributed by atoms with van der Waals surface area (Å²) < 4.78 is 2.32. The van der Waals surface area contributed by atoms with E-state index in [0.717, 1.165) is 39.5 Å². The monoisotopic (exact) mass is 694 g/mol. The van der Waals surface area contributed by atoms with Gasteiger partial charge in [-0.05, 0) is 55.2 Å². The van der Waals surface area contributed by atoms with E-state index in [0.29, 0.717) is 0 Å². The van der Waals surface area contributed by atoms with Crippen LogP contribution in [0.5, 0.6) is 0 Å². The summed E-state index contributed by atoms with van der Waals surface area (Å²) >= 11 is 0. The van der Waals surface area contributed by atoms with Crippen LogP contribution in [0.15, 0.2) is 128 Å². The van der Waals surface area contributed by atoms with Crippen molar-refractivity contribution in [1.82, 2.24) is 14.5 Å². The normalized spacial score (nSPS) is 10.6. The van der Waals surface area contributed by atoms with Crippen molar-refractivity contribution in [2.24, 2.45) is 0 Å². The quantitative estimate of drug-likeness (QED) is 0.173. The zero-order valence-corrected chi connectivity index (χ0v) is 24.7. The van der Waals surface area contributed by atoms with Gasteiger partial charge in [-0.15, -0.1) is 65.7 Å². The number of hydrogen-bond acceptors (Lipinski definition) is 2. The number of hydrogen-bond donors (Lipinski definition) is 0. The van der Waals surface area contributed by atoms with Gasteiger partial charge in [0.2, 0.25) is 0 Å². The predicted octanol–water partition coefficient (Wildman–Crippen LogP) is 8.81. The van der Waals surface area contributed by atoms with Gasteiger partial charge >= 0.3 is 0 Å². The predicted molar refractivity (Wildman–Crippen MR) is 161 cm³/mol. The van der Waals surface area contributed by atoms with Crippen molar-refractivity contribution in [1.29, 1.82) is 0 Å². The largest absolute Gasteiger partial charge is 0.327 e. The molecule has 40 heavy (non-hydrogen) atoms. The van der Waals surface area contributed by atoms with Crippen LogP contribution in [-0.4, -0.2) is 14.5 Å². The van der Waals surface area contributed by atoms with Crippen LogP contribution in [0.4, 0.5) is 0 Å². The third-order valence-corrected chi connectivity index (χ3v) is 6.76. The molecule has 7 rings (SSSR count). The van der Waals surface area contributed by atoms with Gasteiger partial charge in [0.1, 0.15) is 0 Å². The summed E-state index contributed by atoms with van der Waals surface area (Å²) in [5.41, 5.74) is 9.77. The molecule has 0 fully saturated rings. The molecule has 7 aromatic rings. The molecule has 0 N–H and O–H groups in total. The maximum Gasteiger partial charge on any atom is 0.0523 e. The van der Waals surface area contributed by atoms with E-state index in [9.17, 15) is 0 Å². The van der Waals surface area contributed by atoms with Crippen LogP contribution in [-0.2, 0) is 20.1 Å². The molecule has 0 aliphatic heterocycles. The molecule has 0 atom stereocenters. The molecule has 197 valence electrons. The SMILES string of the molecule is Cc1cccc(-c2[c-]cccc2)n1.Cc1cccnc1-c1[c-]ccc(-n2c3ccccc3c3ccccc32)c1.[Ir]. The standard InChI is InChI=1S/C24H17N2.C12H10N.Ir/c1-17-8-7-15-25-24(17)18-9-6-10-19(16-18)26-22-13-4-2-11-20(22)21-12-3-5-14-23(21)26;1-10-6-5-9-12(13-10)11-7-3-2-4-8-11;/h2-8,10-16H,1H3;2-7,9H,1H3;/q2*-1;. The zero-order valence-electron chi connectivity index (χ0n) is 22.3. The van der Waals surface area contributed by atoms with Gasteiger partial charge in [-0.3, -0.25) is 0 Å². The number of rotatable bonds is 3. The van der Waals surface area contributed by atoms with Gasteiger partial charge in [-0.1, -0.05) is 60.2 Å². The van der Waals surface area contributed by atoms with Crippen molar-refractivity contribution in [2.45, 2.75) is 13.8 Å². The van der Waals surface area contributed by atoms with Crippen molar-refractivity contribution < 1.29 is 20.1 Å². The molecule has 0 spiro atoms.